The topological polar surface area (TPSA) is 37.3 Å². The number of fused-ring (bicyclic) bond motifs is 1. The largest absolute Gasteiger partial charge is 0.377 e. The van der Waals surface area contributed by atoms with Crippen LogP contribution in [0, 0.1) is 0 Å². The van der Waals surface area contributed by atoms with Gasteiger partial charge in [0.25, 0.3) is 0 Å². The fraction of sp³-hybridized carbons (Fsp3) is 0.182. The van der Waals surface area contributed by atoms with Crippen molar-refractivity contribution in [3.05, 3.63) is 40.4 Å². The van der Waals surface area contributed by atoms with Crippen molar-refractivity contribution in [3.63, 3.8) is 0 Å². The summed E-state index contributed by atoms with van der Waals surface area (Å²) < 4.78 is 0. The number of ketones is 1. The molecule has 0 aliphatic heterocycles. The van der Waals surface area contributed by atoms with Crippen LogP contribution < -0.4 is 0 Å². The van der Waals surface area contributed by atoms with Crippen LogP contribution in [0.2, 0.25) is 0 Å². The van der Waals surface area contributed by atoms with Crippen LogP contribution >= 0.6 is 23.2 Å². The van der Waals surface area contributed by atoms with Crippen LogP contribution in [0.3, 0.4) is 0 Å². The number of halogens is 2. The number of carbonyl (C=O) groups is 1. The zero-order valence-electron chi connectivity index (χ0n) is 7.92. The highest BCUT2D eigenvalue weighted by molar-refractivity contribution is 6.61. The second-order valence-electron chi connectivity index (χ2n) is 3.57. The Morgan fingerprint density at radius 1 is 1.20 bits per heavy atom. The molecule has 1 N–H and O–H groups in total. The molecule has 1 aliphatic carbocycles. The van der Waals surface area contributed by atoms with E-state index in [1.807, 2.05) is 0 Å². The lowest BCUT2D eigenvalue weighted by Crippen LogP contribution is -2.36. The molecule has 0 aromatic heterocycles. The number of aliphatic hydroxyl groups is 1. The summed E-state index contributed by atoms with van der Waals surface area (Å²) >= 11 is 11.7. The quantitative estimate of drug-likeness (QED) is 0.760. The Balaban J connectivity index is 2.80. The fourth-order valence-corrected chi connectivity index (χ4v) is 2.19. The molecule has 4 heteroatoms. The van der Waals surface area contributed by atoms with E-state index in [4.69, 9.17) is 23.2 Å². The zero-order chi connectivity index (χ0) is 11.2. The van der Waals surface area contributed by atoms with Crippen LogP contribution in [-0.4, -0.2) is 10.9 Å². The minimum Gasteiger partial charge on any atom is -0.377 e. The standard InChI is InChI=1S/C11H8Cl2O2/c1-11(15)7-5-3-2-4-6(7)8(12)9(13)10(11)14/h2-5,15H,1H3. The van der Waals surface area contributed by atoms with Gasteiger partial charge in [-0.25, -0.2) is 0 Å². The molecule has 2 nitrogen and oxygen atoms in total. The molecule has 0 heterocycles. The summed E-state index contributed by atoms with van der Waals surface area (Å²) in [4.78, 5) is 11.7. The summed E-state index contributed by atoms with van der Waals surface area (Å²) in [5.41, 5.74) is -0.496. The number of carbonyl (C=O) groups excluding carboxylic acids is 1. The predicted octanol–water partition coefficient (Wildman–Crippen LogP) is 2.62. The van der Waals surface area contributed by atoms with Crippen molar-refractivity contribution in [2.75, 3.05) is 0 Å². The molecule has 1 aromatic carbocycles. The minimum atomic E-state index is -1.59. The third kappa shape index (κ3) is 1.41. The third-order valence-corrected chi connectivity index (χ3v) is 3.37. The summed E-state index contributed by atoms with van der Waals surface area (Å²) in [6.45, 7) is 1.42. The van der Waals surface area contributed by atoms with E-state index in [9.17, 15) is 9.90 Å². The Labute approximate surface area is 97.1 Å². The molecule has 1 aromatic rings. The van der Waals surface area contributed by atoms with E-state index in [1.54, 1.807) is 24.3 Å². The predicted molar refractivity (Wildman–Crippen MR) is 59.6 cm³/mol. The van der Waals surface area contributed by atoms with Crippen LogP contribution in [0.5, 0.6) is 0 Å². The summed E-state index contributed by atoms with van der Waals surface area (Å²) in [6, 6.07) is 6.90. The van der Waals surface area contributed by atoms with Gasteiger partial charge in [0.2, 0.25) is 5.78 Å². The van der Waals surface area contributed by atoms with Gasteiger partial charge in [-0.1, -0.05) is 47.5 Å². The molecule has 0 bridgehead atoms. The van der Waals surface area contributed by atoms with E-state index in [1.165, 1.54) is 6.92 Å². The molecule has 0 saturated carbocycles. The fourth-order valence-electron chi connectivity index (χ4n) is 1.65. The smallest absolute Gasteiger partial charge is 0.211 e. The SMILES string of the molecule is CC1(O)C(=O)C(Cl)=C(Cl)c2ccccc21. The molecule has 1 aliphatic rings. The lowest BCUT2D eigenvalue weighted by Gasteiger charge is -2.29. The summed E-state index contributed by atoms with van der Waals surface area (Å²) in [5.74, 6) is -0.562. The van der Waals surface area contributed by atoms with E-state index < -0.39 is 11.4 Å². The zero-order valence-corrected chi connectivity index (χ0v) is 9.43. The normalized spacial score (nSPS) is 25.5. The van der Waals surface area contributed by atoms with Crippen molar-refractivity contribution in [1.29, 1.82) is 0 Å². The van der Waals surface area contributed by atoms with Gasteiger partial charge in [-0.2, -0.15) is 0 Å². The second-order valence-corrected chi connectivity index (χ2v) is 4.33. The van der Waals surface area contributed by atoms with Gasteiger partial charge in [-0.05, 0) is 12.5 Å². The van der Waals surface area contributed by atoms with Crippen molar-refractivity contribution in [3.8, 4) is 0 Å². The van der Waals surface area contributed by atoms with Gasteiger partial charge in [0.05, 0.1) is 5.03 Å². The Hall–Kier alpha value is -0.830. The van der Waals surface area contributed by atoms with Gasteiger partial charge in [-0.15, -0.1) is 0 Å². The average Bonchev–Trinajstić information content (AvgIpc) is 2.24. The number of hydrogen-bond acceptors (Lipinski definition) is 2. The van der Waals surface area contributed by atoms with Crippen LogP contribution in [0.1, 0.15) is 18.1 Å². The van der Waals surface area contributed by atoms with Gasteiger partial charge < -0.3 is 5.11 Å². The van der Waals surface area contributed by atoms with Crippen LogP contribution in [0.4, 0.5) is 0 Å². The number of rotatable bonds is 0. The van der Waals surface area contributed by atoms with Gasteiger partial charge >= 0.3 is 0 Å². The number of Topliss-reactive ketones (excluding diaryl/α,β-unsaturated/α-hetero) is 1. The lowest BCUT2D eigenvalue weighted by molar-refractivity contribution is -0.131. The third-order valence-electron chi connectivity index (χ3n) is 2.52. The Morgan fingerprint density at radius 3 is 2.47 bits per heavy atom. The minimum absolute atomic E-state index is 0.111. The van der Waals surface area contributed by atoms with Gasteiger partial charge in [0, 0.05) is 5.56 Å². The van der Waals surface area contributed by atoms with Gasteiger partial charge in [-0.3, -0.25) is 4.79 Å². The second kappa shape index (κ2) is 3.34. The highest BCUT2D eigenvalue weighted by Gasteiger charge is 2.41. The number of hydrogen-bond donors (Lipinski definition) is 1. The van der Waals surface area contributed by atoms with E-state index in [0.29, 0.717) is 11.1 Å². The summed E-state index contributed by atoms with van der Waals surface area (Å²) in [7, 11) is 0. The average molecular weight is 243 g/mol. The molecule has 0 radical (unpaired) electrons. The van der Waals surface area contributed by atoms with E-state index in [2.05, 4.69) is 0 Å². The Kier molecular flexibility index (Phi) is 2.38. The Morgan fingerprint density at radius 2 is 1.80 bits per heavy atom. The molecule has 78 valence electrons. The van der Waals surface area contributed by atoms with Crippen molar-refractivity contribution in [1.82, 2.24) is 0 Å². The van der Waals surface area contributed by atoms with Gasteiger partial charge in [0.1, 0.15) is 5.03 Å². The van der Waals surface area contributed by atoms with Crippen LogP contribution in [0.15, 0.2) is 29.3 Å². The maximum absolute atomic E-state index is 11.7. The number of benzene rings is 1. The van der Waals surface area contributed by atoms with Crippen molar-refractivity contribution >= 4 is 34.0 Å². The van der Waals surface area contributed by atoms with E-state index >= 15 is 0 Å². The van der Waals surface area contributed by atoms with Crippen molar-refractivity contribution < 1.29 is 9.90 Å². The molecule has 15 heavy (non-hydrogen) atoms. The molecule has 1 atom stereocenters. The van der Waals surface area contributed by atoms with Crippen molar-refractivity contribution in [2.45, 2.75) is 12.5 Å². The van der Waals surface area contributed by atoms with Crippen LogP contribution in [-0.2, 0) is 10.4 Å². The first-order chi connectivity index (χ1) is 6.96. The molecule has 0 saturated heterocycles. The lowest BCUT2D eigenvalue weighted by atomic mass is 9.83. The molecular formula is C11H8Cl2O2. The highest BCUT2D eigenvalue weighted by atomic mass is 35.5. The maximum Gasteiger partial charge on any atom is 0.211 e. The molecule has 2 rings (SSSR count). The van der Waals surface area contributed by atoms with E-state index in [0.717, 1.165) is 0 Å². The monoisotopic (exact) mass is 242 g/mol. The van der Waals surface area contributed by atoms with E-state index in [-0.39, 0.29) is 10.1 Å². The highest BCUT2D eigenvalue weighted by Crippen LogP contribution is 2.41. The molecule has 1 unspecified atom stereocenters. The summed E-state index contributed by atoms with van der Waals surface area (Å²) in [5, 5.41) is 10.1. The first-order valence-corrected chi connectivity index (χ1v) is 5.14. The summed E-state index contributed by atoms with van der Waals surface area (Å²) in [6.07, 6.45) is 0. The first kappa shape index (κ1) is 10.7. The maximum atomic E-state index is 11.7. The molecule has 0 fully saturated rings. The molecular weight excluding hydrogens is 235 g/mol. The first-order valence-electron chi connectivity index (χ1n) is 4.38. The van der Waals surface area contributed by atoms with Crippen LogP contribution in [0.25, 0.3) is 5.03 Å². The van der Waals surface area contributed by atoms with Crippen molar-refractivity contribution in [2.24, 2.45) is 0 Å². The molecule has 0 spiro atoms. The Bertz CT molecular complexity index is 475. The molecule has 0 amide bonds. The van der Waals surface area contributed by atoms with Gasteiger partial charge in [0.15, 0.2) is 5.60 Å².